The number of nitrogens with zero attached hydrogens (tertiary/aromatic N) is 3. The van der Waals surface area contributed by atoms with Gasteiger partial charge in [0, 0.05) is 12.4 Å². The maximum absolute atomic E-state index is 13.4. The van der Waals surface area contributed by atoms with Gasteiger partial charge < -0.3 is 9.47 Å². The molecule has 0 saturated heterocycles. The number of hydrogen-bond acceptors (Lipinski definition) is 7. The van der Waals surface area contributed by atoms with E-state index in [2.05, 4.69) is 9.98 Å². The summed E-state index contributed by atoms with van der Waals surface area (Å²) >= 11 is 1.28. The highest BCUT2D eigenvalue weighted by Gasteiger charge is 2.33. The summed E-state index contributed by atoms with van der Waals surface area (Å²) < 4.78 is 12.6. The molecule has 0 aliphatic carbocycles. The summed E-state index contributed by atoms with van der Waals surface area (Å²) in [6.07, 6.45) is 5.15. The van der Waals surface area contributed by atoms with Gasteiger partial charge in [-0.05, 0) is 49.2 Å². The Morgan fingerprint density at radius 2 is 2.03 bits per heavy atom. The molecule has 1 aromatic carbocycles. The van der Waals surface area contributed by atoms with Crippen molar-refractivity contribution in [2.45, 2.75) is 19.9 Å². The van der Waals surface area contributed by atoms with Gasteiger partial charge in [0.25, 0.3) is 5.56 Å². The van der Waals surface area contributed by atoms with Crippen LogP contribution in [0.5, 0.6) is 5.75 Å². The molecular weight excluding hydrogens is 414 g/mol. The van der Waals surface area contributed by atoms with Crippen LogP contribution in [0.2, 0.25) is 0 Å². The van der Waals surface area contributed by atoms with Crippen LogP contribution in [-0.2, 0) is 9.53 Å². The Labute approximate surface area is 182 Å². The molecule has 0 saturated carbocycles. The van der Waals surface area contributed by atoms with Crippen molar-refractivity contribution in [2.24, 2.45) is 4.99 Å². The van der Waals surface area contributed by atoms with E-state index in [1.165, 1.54) is 11.3 Å². The molecule has 2 aromatic heterocycles. The topological polar surface area (TPSA) is 82.8 Å². The van der Waals surface area contributed by atoms with Gasteiger partial charge in [-0.15, -0.1) is 0 Å². The SMILES string of the molecule is CCOC(=O)C1=C(C)N=c2sc(=Cc3cccnc3)c(=O)n2[C@H]1c1ccc(OC)cc1. The number of esters is 1. The van der Waals surface area contributed by atoms with Crippen molar-refractivity contribution in [3.05, 3.63) is 90.9 Å². The first-order chi connectivity index (χ1) is 15.0. The van der Waals surface area contributed by atoms with Crippen molar-refractivity contribution in [1.82, 2.24) is 9.55 Å². The maximum Gasteiger partial charge on any atom is 0.338 e. The van der Waals surface area contributed by atoms with Crippen LogP contribution < -0.4 is 19.6 Å². The standard InChI is InChI=1S/C23H21N3O4S/c1-4-30-22(28)19-14(2)25-23-26(20(19)16-7-9-17(29-3)10-8-16)21(27)18(31-23)12-15-6-5-11-24-13-15/h5-13,20H,4H2,1-3H3/t20-/m0/s1. The second-order valence-electron chi connectivity index (χ2n) is 6.86. The van der Waals surface area contributed by atoms with Crippen molar-refractivity contribution in [2.75, 3.05) is 13.7 Å². The number of thiazole rings is 1. The van der Waals surface area contributed by atoms with Gasteiger partial charge in [0.2, 0.25) is 0 Å². The summed E-state index contributed by atoms with van der Waals surface area (Å²) in [6, 6.07) is 10.3. The minimum Gasteiger partial charge on any atom is -0.497 e. The zero-order chi connectivity index (χ0) is 22.0. The lowest BCUT2D eigenvalue weighted by Crippen LogP contribution is -2.39. The first kappa shape index (κ1) is 20.7. The molecule has 8 heteroatoms. The molecule has 0 amide bonds. The molecule has 1 aliphatic heterocycles. The Morgan fingerprint density at radius 3 is 2.68 bits per heavy atom. The molecule has 1 atom stereocenters. The van der Waals surface area contributed by atoms with Crippen molar-refractivity contribution >= 4 is 23.4 Å². The summed E-state index contributed by atoms with van der Waals surface area (Å²) in [5.74, 6) is 0.206. The molecule has 4 rings (SSSR count). The number of carbonyl (C=O) groups excluding carboxylic acids is 1. The predicted molar refractivity (Wildman–Crippen MR) is 118 cm³/mol. The summed E-state index contributed by atoms with van der Waals surface area (Å²) in [6.45, 7) is 3.75. The first-order valence-electron chi connectivity index (χ1n) is 9.77. The van der Waals surface area contributed by atoms with E-state index in [0.717, 1.165) is 11.1 Å². The molecule has 0 bridgehead atoms. The van der Waals surface area contributed by atoms with Crippen molar-refractivity contribution in [3.8, 4) is 5.75 Å². The van der Waals surface area contributed by atoms with Gasteiger partial charge in [0.05, 0.1) is 35.6 Å². The van der Waals surface area contributed by atoms with Crippen LogP contribution >= 0.6 is 11.3 Å². The van der Waals surface area contributed by atoms with Gasteiger partial charge >= 0.3 is 5.97 Å². The summed E-state index contributed by atoms with van der Waals surface area (Å²) in [7, 11) is 1.59. The molecule has 0 N–H and O–H groups in total. The fraction of sp³-hybridized carbons (Fsp3) is 0.217. The monoisotopic (exact) mass is 435 g/mol. The van der Waals surface area contributed by atoms with E-state index in [0.29, 0.717) is 26.4 Å². The number of aromatic nitrogens is 2. The lowest BCUT2D eigenvalue weighted by Gasteiger charge is -2.24. The van der Waals surface area contributed by atoms with Crippen molar-refractivity contribution in [3.63, 3.8) is 0 Å². The lowest BCUT2D eigenvalue weighted by atomic mass is 9.96. The third-order valence-corrected chi connectivity index (χ3v) is 5.91. The van der Waals surface area contributed by atoms with Crippen LogP contribution in [0.25, 0.3) is 6.08 Å². The van der Waals surface area contributed by atoms with Crippen LogP contribution in [0, 0.1) is 0 Å². The zero-order valence-corrected chi connectivity index (χ0v) is 18.2. The molecule has 0 spiro atoms. The fourth-order valence-electron chi connectivity index (χ4n) is 3.51. The van der Waals surface area contributed by atoms with E-state index < -0.39 is 12.0 Å². The molecule has 31 heavy (non-hydrogen) atoms. The minimum absolute atomic E-state index is 0.220. The van der Waals surface area contributed by atoms with Crippen LogP contribution in [-0.4, -0.2) is 29.2 Å². The number of allylic oxidation sites excluding steroid dienone is 1. The Bertz CT molecular complexity index is 1320. The number of rotatable bonds is 5. The van der Waals surface area contributed by atoms with Crippen LogP contribution in [0.1, 0.15) is 31.0 Å². The number of fused-ring (bicyclic) bond motifs is 1. The molecule has 158 valence electrons. The number of pyridine rings is 1. The smallest absolute Gasteiger partial charge is 0.338 e. The second-order valence-corrected chi connectivity index (χ2v) is 7.87. The van der Waals surface area contributed by atoms with Gasteiger partial charge in [-0.25, -0.2) is 9.79 Å². The Kier molecular flexibility index (Phi) is 5.81. The van der Waals surface area contributed by atoms with Crippen LogP contribution in [0.3, 0.4) is 0 Å². The number of benzene rings is 1. The third kappa shape index (κ3) is 3.94. The average molecular weight is 436 g/mol. The van der Waals surface area contributed by atoms with Crippen LogP contribution in [0.15, 0.2) is 69.8 Å². The molecule has 0 fully saturated rings. The molecule has 1 aliphatic rings. The highest BCUT2D eigenvalue weighted by molar-refractivity contribution is 7.07. The minimum atomic E-state index is -0.641. The molecular formula is C23H21N3O4S. The molecule has 3 aromatic rings. The van der Waals surface area contributed by atoms with E-state index in [9.17, 15) is 9.59 Å². The number of hydrogen-bond donors (Lipinski definition) is 0. The molecule has 0 radical (unpaired) electrons. The van der Waals surface area contributed by atoms with E-state index >= 15 is 0 Å². The largest absolute Gasteiger partial charge is 0.497 e. The van der Waals surface area contributed by atoms with Crippen molar-refractivity contribution < 1.29 is 14.3 Å². The second kappa shape index (κ2) is 8.69. The fourth-order valence-corrected chi connectivity index (χ4v) is 4.55. The summed E-state index contributed by atoms with van der Waals surface area (Å²) in [5, 5.41) is 0. The summed E-state index contributed by atoms with van der Waals surface area (Å²) in [5.41, 5.74) is 2.26. The molecule has 7 nitrogen and oxygen atoms in total. The van der Waals surface area contributed by atoms with Gasteiger partial charge in [0.15, 0.2) is 4.80 Å². The Morgan fingerprint density at radius 1 is 1.26 bits per heavy atom. The van der Waals surface area contributed by atoms with Crippen LogP contribution in [0.4, 0.5) is 0 Å². The normalized spacial score (nSPS) is 16.0. The number of ether oxygens (including phenoxy) is 2. The van der Waals surface area contributed by atoms with E-state index in [-0.39, 0.29) is 12.2 Å². The Hall–Kier alpha value is -3.52. The highest BCUT2D eigenvalue weighted by Crippen LogP contribution is 2.31. The molecule has 0 unspecified atom stereocenters. The van der Waals surface area contributed by atoms with Gasteiger partial charge in [-0.2, -0.15) is 0 Å². The van der Waals surface area contributed by atoms with Gasteiger partial charge in [-0.1, -0.05) is 29.5 Å². The molecule has 3 heterocycles. The lowest BCUT2D eigenvalue weighted by molar-refractivity contribution is -0.139. The first-order valence-corrected chi connectivity index (χ1v) is 10.6. The summed E-state index contributed by atoms with van der Waals surface area (Å²) in [4.78, 5) is 35.5. The highest BCUT2D eigenvalue weighted by atomic mass is 32.1. The van der Waals surface area contributed by atoms with E-state index in [1.807, 2.05) is 24.3 Å². The van der Waals surface area contributed by atoms with Crippen molar-refractivity contribution in [1.29, 1.82) is 0 Å². The van der Waals surface area contributed by atoms with Gasteiger partial charge in [-0.3, -0.25) is 14.3 Å². The zero-order valence-electron chi connectivity index (χ0n) is 17.4. The average Bonchev–Trinajstić information content (AvgIpc) is 3.08. The van der Waals surface area contributed by atoms with E-state index in [1.54, 1.807) is 56.1 Å². The number of carbonyl (C=O) groups is 1. The quantitative estimate of drug-likeness (QED) is 0.574. The third-order valence-electron chi connectivity index (χ3n) is 4.93. The van der Waals surface area contributed by atoms with Gasteiger partial charge in [0.1, 0.15) is 5.75 Å². The number of methoxy groups -OCH3 is 1. The predicted octanol–water partition coefficient (Wildman–Crippen LogP) is 2.20. The Balaban J connectivity index is 1.95. The maximum atomic E-state index is 13.4. The van der Waals surface area contributed by atoms with E-state index in [4.69, 9.17) is 9.47 Å².